The van der Waals surface area contributed by atoms with Crippen molar-refractivity contribution in [2.45, 2.75) is 27.2 Å². The number of amides is 1. The normalized spacial score (nSPS) is 9.28. The van der Waals surface area contributed by atoms with Crippen LogP contribution in [0.25, 0.3) is 0 Å². The van der Waals surface area contributed by atoms with Gasteiger partial charge in [-0.15, -0.1) is 11.3 Å². The van der Waals surface area contributed by atoms with Crippen molar-refractivity contribution in [1.82, 2.24) is 0 Å². The molecular formula is C13H15NO3S. The molecule has 0 bridgehead atoms. The molecule has 0 unspecified atom stereocenters. The van der Waals surface area contributed by atoms with Crippen molar-refractivity contribution in [2.24, 2.45) is 0 Å². The van der Waals surface area contributed by atoms with Crippen LogP contribution >= 0.6 is 11.3 Å². The Morgan fingerprint density at radius 3 is 2.72 bits per heavy atom. The number of hydrogen-bond acceptors (Lipinski definition) is 4. The predicted molar refractivity (Wildman–Crippen MR) is 71.7 cm³/mol. The Balaban J connectivity index is 3.00. The molecule has 4 nitrogen and oxygen atoms in total. The van der Waals surface area contributed by atoms with E-state index < -0.39 is 11.9 Å². The number of ether oxygens (including phenoxy) is 1. The zero-order valence-electron chi connectivity index (χ0n) is 10.6. The second kappa shape index (κ2) is 6.82. The molecule has 1 N–H and O–H groups in total. The Morgan fingerprint density at radius 1 is 1.44 bits per heavy atom. The second-order valence-corrected chi connectivity index (χ2v) is 4.50. The zero-order chi connectivity index (χ0) is 13.5. The Bertz CT molecular complexity index is 508. The van der Waals surface area contributed by atoms with E-state index in [-0.39, 0.29) is 0 Å². The van der Waals surface area contributed by atoms with Gasteiger partial charge in [-0.2, -0.15) is 0 Å². The number of carbonyl (C=O) groups excluding carboxylic acids is 2. The highest BCUT2D eigenvalue weighted by Crippen LogP contribution is 2.29. The summed E-state index contributed by atoms with van der Waals surface area (Å²) in [5.74, 6) is 4.04. The van der Waals surface area contributed by atoms with E-state index in [9.17, 15) is 9.59 Å². The van der Waals surface area contributed by atoms with Gasteiger partial charge in [0.1, 0.15) is 5.00 Å². The molecule has 5 heteroatoms. The van der Waals surface area contributed by atoms with E-state index in [0.717, 1.165) is 11.3 Å². The number of anilines is 1. The van der Waals surface area contributed by atoms with Crippen molar-refractivity contribution in [1.29, 1.82) is 0 Å². The van der Waals surface area contributed by atoms with E-state index in [1.165, 1.54) is 11.3 Å². The molecule has 0 spiro atoms. The highest BCUT2D eigenvalue weighted by molar-refractivity contribution is 7.16. The first-order valence-electron chi connectivity index (χ1n) is 5.65. The van der Waals surface area contributed by atoms with Gasteiger partial charge in [0.2, 0.25) is 0 Å². The number of carbonyl (C=O) groups is 2. The molecule has 0 saturated heterocycles. The van der Waals surface area contributed by atoms with Crippen LogP contribution in [-0.4, -0.2) is 18.5 Å². The first-order chi connectivity index (χ1) is 8.62. The quantitative estimate of drug-likeness (QED) is 0.672. The first-order valence-corrected chi connectivity index (χ1v) is 6.47. The Morgan fingerprint density at radius 2 is 2.17 bits per heavy atom. The summed E-state index contributed by atoms with van der Waals surface area (Å²) in [5.41, 5.74) is 0.393. The van der Waals surface area contributed by atoms with E-state index in [4.69, 9.17) is 4.74 Å². The number of hydrogen-bond donors (Lipinski definition) is 1. The standard InChI is InChI=1S/C13H15NO3S/c1-4-7-11(15)14-12-10(13(16)17-6-3)8-9(5-2)18-12/h8H,5-6H2,1-3H3,(H,14,15). The van der Waals surface area contributed by atoms with Gasteiger partial charge in [0.15, 0.2) is 0 Å². The van der Waals surface area contributed by atoms with Crippen LogP contribution in [0.3, 0.4) is 0 Å². The third-order valence-electron chi connectivity index (χ3n) is 2.09. The fraction of sp³-hybridized carbons (Fsp3) is 0.385. The molecule has 1 aromatic heterocycles. The summed E-state index contributed by atoms with van der Waals surface area (Å²) in [7, 11) is 0. The molecule has 1 heterocycles. The van der Waals surface area contributed by atoms with Crippen LogP contribution in [0.2, 0.25) is 0 Å². The van der Waals surface area contributed by atoms with E-state index in [1.807, 2.05) is 6.92 Å². The maximum Gasteiger partial charge on any atom is 0.341 e. The zero-order valence-corrected chi connectivity index (χ0v) is 11.4. The molecule has 96 valence electrons. The minimum absolute atomic E-state index is 0.304. The highest BCUT2D eigenvalue weighted by Gasteiger charge is 2.17. The molecule has 0 saturated carbocycles. The van der Waals surface area contributed by atoms with E-state index >= 15 is 0 Å². The molecule has 0 atom stereocenters. The summed E-state index contributed by atoms with van der Waals surface area (Å²) < 4.78 is 4.95. The molecule has 0 radical (unpaired) electrons. The van der Waals surface area contributed by atoms with Gasteiger partial charge in [-0.3, -0.25) is 4.79 Å². The van der Waals surface area contributed by atoms with Crippen LogP contribution in [0, 0.1) is 11.8 Å². The van der Waals surface area contributed by atoms with E-state index in [2.05, 4.69) is 17.2 Å². The SMILES string of the molecule is CC#CC(=O)Nc1sc(CC)cc1C(=O)OCC. The maximum atomic E-state index is 11.7. The minimum Gasteiger partial charge on any atom is -0.462 e. The Labute approximate surface area is 110 Å². The molecule has 0 aliphatic heterocycles. The van der Waals surface area contributed by atoms with Gasteiger partial charge < -0.3 is 10.1 Å². The summed E-state index contributed by atoms with van der Waals surface area (Å²) in [6.07, 6.45) is 0.798. The van der Waals surface area contributed by atoms with Crippen molar-refractivity contribution in [3.8, 4) is 11.8 Å². The smallest absolute Gasteiger partial charge is 0.341 e. The largest absolute Gasteiger partial charge is 0.462 e. The minimum atomic E-state index is -0.424. The lowest BCUT2D eigenvalue weighted by Crippen LogP contribution is -2.11. The molecule has 1 rings (SSSR count). The van der Waals surface area contributed by atoms with Crippen molar-refractivity contribution in [2.75, 3.05) is 11.9 Å². The number of aryl methyl sites for hydroxylation is 1. The number of nitrogens with one attached hydrogen (secondary N) is 1. The molecule has 0 fully saturated rings. The van der Waals surface area contributed by atoms with Crippen molar-refractivity contribution in [3.63, 3.8) is 0 Å². The van der Waals surface area contributed by atoms with Gasteiger partial charge in [0, 0.05) is 4.88 Å². The summed E-state index contributed by atoms with van der Waals surface area (Å²) >= 11 is 1.37. The van der Waals surface area contributed by atoms with Crippen LogP contribution in [0.15, 0.2) is 6.07 Å². The van der Waals surface area contributed by atoms with Crippen LogP contribution in [0.1, 0.15) is 36.0 Å². The fourth-order valence-corrected chi connectivity index (χ4v) is 2.30. The van der Waals surface area contributed by atoms with Gasteiger partial charge in [-0.1, -0.05) is 12.8 Å². The Kier molecular flexibility index (Phi) is 5.40. The van der Waals surface area contributed by atoms with Gasteiger partial charge >= 0.3 is 11.9 Å². The summed E-state index contributed by atoms with van der Waals surface area (Å²) in [4.78, 5) is 24.2. The molecular weight excluding hydrogens is 250 g/mol. The average Bonchev–Trinajstić information content (AvgIpc) is 2.73. The number of rotatable bonds is 4. The van der Waals surface area contributed by atoms with Crippen LogP contribution in [0.4, 0.5) is 5.00 Å². The van der Waals surface area contributed by atoms with E-state index in [1.54, 1.807) is 19.9 Å². The van der Waals surface area contributed by atoms with Crippen molar-refractivity contribution < 1.29 is 14.3 Å². The molecule has 1 amide bonds. The van der Waals surface area contributed by atoms with Crippen LogP contribution in [0.5, 0.6) is 0 Å². The predicted octanol–water partition coefficient (Wildman–Crippen LogP) is 2.45. The van der Waals surface area contributed by atoms with Crippen molar-refractivity contribution >= 4 is 28.2 Å². The lowest BCUT2D eigenvalue weighted by atomic mass is 10.2. The lowest BCUT2D eigenvalue weighted by molar-refractivity contribution is -0.111. The summed E-state index contributed by atoms with van der Waals surface area (Å²) in [5, 5.41) is 3.11. The van der Waals surface area contributed by atoms with Crippen LogP contribution < -0.4 is 5.32 Å². The first kappa shape index (κ1) is 14.3. The van der Waals surface area contributed by atoms with E-state index in [0.29, 0.717) is 17.2 Å². The topological polar surface area (TPSA) is 55.4 Å². The molecule has 1 aromatic rings. The number of esters is 1. The molecule has 0 aliphatic carbocycles. The average molecular weight is 265 g/mol. The number of thiophene rings is 1. The molecule has 18 heavy (non-hydrogen) atoms. The monoisotopic (exact) mass is 265 g/mol. The lowest BCUT2D eigenvalue weighted by Gasteiger charge is -2.02. The van der Waals surface area contributed by atoms with Gasteiger partial charge in [0.05, 0.1) is 12.2 Å². The summed E-state index contributed by atoms with van der Waals surface area (Å²) in [6.45, 7) is 5.61. The van der Waals surface area contributed by atoms with Crippen molar-refractivity contribution in [3.05, 3.63) is 16.5 Å². The van der Waals surface area contributed by atoms with Gasteiger partial charge in [-0.05, 0) is 32.3 Å². The van der Waals surface area contributed by atoms with Gasteiger partial charge in [0.25, 0.3) is 0 Å². The maximum absolute atomic E-state index is 11.7. The fourth-order valence-electron chi connectivity index (χ4n) is 1.32. The second-order valence-electron chi connectivity index (χ2n) is 3.36. The Hall–Kier alpha value is -1.80. The molecule has 0 aliphatic rings. The van der Waals surface area contributed by atoms with Gasteiger partial charge in [-0.25, -0.2) is 4.79 Å². The summed E-state index contributed by atoms with van der Waals surface area (Å²) in [6, 6.07) is 1.75. The molecule has 0 aromatic carbocycles. The highest BCUT2D eigenvalue weighted by atomic mass is 32.1. The third-order valence-corrected chi connectivity index (χ3v) is 3.29. The third kappa shape index (κ3) is 3.60. The van der Waals surface area contributed by atoms with Crippen LogP contribution in [-0.2, 0) is 16.0 Å².